The molecule has 3 atom stereocenters. The molecule has 0 N–H and O–H groups in total. The van der Waals surface area contributed by atoms with Gasteiger partial charge >= 0.3 is 5.97 Å². The number of thiazole rings is 1. The standard InChI is InChI=1S/C18H22N2O2S/c1-22-18(21)15-10-12-6-2-4-8-14(12)20(15)11-17-19-13-7-3-5-9-16(13)23-17/h3,5,7,9,12,14-15H,2,4,6,8,10-11H2,1H3/t12-,14-,15+/m1/s1. The number of methoxy groups -OCH3 is 1. The molecule has 2 aromatic rings. The molecule has 2 fully saturated rings. The van der Waals surface area contributed by atoms with Gasteiger partial charge in [0.2, 0.25) is 0 Å². The van der Waals surface area contributed by atoms with Gasteiger partial charge in [-0.25, -0.2) is 4.98 Å². The number of fused-ring (bicyclic) bond motifs is 2. The molecule has 0 amide bonds. The molecule has 1 aliphatic carbocycles. The summed E-state index contributed by atoms with van der Waals surface area (Å²) < 4.78 is 6.29. The van der Waals surface area contributed by atoms with Gasteiger partial charge in [-0.3, -0.25) is 9.69 Å². The zero-order valence-corrected chi connectivity index (χ0v) is 14.2. The topological polar surface area (TPSA) is 42.4 Å². The molecule has 2 heterocycles. The summed E-state index contributed by atoms with van der Waals surface area (Å²) in [4.78, 5) is 19.4. The maximum absolute atomic E-state index is 12.2. The van der Waals surface area contributed by atoms with Gasteiger partial charge in [0, 0.05) is 6.04 Å². The maximum atomic E-state index is 12.2. The smallest absolute Gasteiger partial charge is 0.323 e. The van der Waals surface area contributed by atoms with Gasteiger partial charge in [-0.15, -0.1) is 11.3 Å². The van der Waals surface area contributed by atoms with Crippen molar-refractivity contribution in [1.29, 1.82) is 0 Å². The zero-order chi connectivity index (χ0) is 15.8. The fraction of sp³-hybridized carbons (Fsp3) is 0.556. The molecule has 1 aromatic carbocycles. The lowest BCUT2D eigenvalue weighted by Gasteiger charge is -2.32. The molecule has 0 bridgehead atoms. The lowest BCUT2D eigenvalue weighted by molar-refractivity contribution is -0.146. The molecule has 0 spiro atoms. The van der Waals surface area contributed by atoms with Crippen molar-refractivity contribution in [3.8, 4) is 0 Å². The van der Waals surface area contributed by atoms with Crippen molar-refractivity contribution in [3.05, 3.63) is 29.3 Å². The third kappa shape index (κ3) is 2.76. The van der Waals surface area contributed by atoms with E-state index in [0.29, 0.717) is 12.0 Å². The molecule has 2 aliphatic rings. The highest BCUT2D eigenvalue weighted by Gasteiger charge is 2.45. The van der Waals surface area contributed by atoms with Crippen molar-refractivity contribution in [2.75, 3.05) is 7.11 Å². The number of rotatable bonds is 3. The molecule has 4 rings (SSSR count). The molecule has 4 nitrogen and oxygen atoms in total. The van der Waals surface area contributed by atoms with E-state index in [2.05, 4.69) is 23.1 Å². The summed E-state index contributed by atoms with van der Waals surface area (Å²) in [7, 11) is 1.50. The van der Waals surface area contributed by atoms with Crippen molar-refractivity contribution in [2.24, 2.45) is 5.92 Å². The molecule has 1 aromatic heterocycles. The van der Waals surface area contributed by atoms with Crippen LogP contribution in [0.4, 0.5) is 0 Å². The number of aromatic nitrogens is 1. The van der Waals surface area contributed by atoms with E-state index in [9.17, 15) is 4.79 Å². The number of benzene rings is 1. The lowest BCUT2D eigenvalue weighted by Crippen LogP contribution is -2.42. The second-order valence-electron chi connectivity index (χ2n) is 6.63. The fourth-order valence-electron chi connectivity index (χ4n) is 4.29. The Labute approximate surface area is 140 Å². The SMILES string of the molecule is COC(=O)[C@@H]1C[C@H]2CCCC[C@H]2N1Cc1nc2ccccc2s1. The van der Waals surface area contributed by atoms with Crippen LogP contribution in [-0.2, 0) is 16.1 Å². The average Bonchev–Trinajstić information content (AvgIpc) is 3.15. The van der Waals surface area contributed by atoms with Crippen molar-refractivity contribution in [3.63, 3.8) is 0 Å². The predicted octanol–water partition coefficient (Wildman–Crippen LogP) is 3.60. The minimum absolute atomic E-state index is 0.0829. The van der Waals surface area contributed by atoms with E-state index in [-0.39, 0.29) is 12.0 Å². The van der Waals surface area contributed by atoms with Crippen LogP contribution in [0, 0.1) is 5.92 Å². The summed E-state index contributed by atoms with van der Waals surface area (Å²) in [5.41, 5.74) is 1.06. The average molecular weight is 330 g/mol. The van der Waals surface area contributed by atoms with Gasteiger partial charge in [0.15, 0.2) is 0 Å². The van der Waals surface area contributed by atoms with Crippen molar-refractivity contribution in [1.82, 2.24) is 9.88 Å². The number of ether oxygens (including phenoxy) is 1. The highest BCUT2D eigenvalue weighted by atomic mass is 32.1. The molecule has 122 valence electrons. The quantitative estimate of drug-likeness (QED) is 0.807. The lowest BCUT2D eigenvalue weighted by atomic mass is 9.85. The van der Waals surface area contributed by atoms with Crippen LogP contribution in [0.5, 0.6) is 0 Å². The first-order chi connectivity index (χ1) is 11.3. The molecular formula is C18H22N2O2S. The Hall–Kier alpha value is -1.46. The number of para-hydroxylation sites is 1. The van der Waals surface area contributed by atoms with Crippen LogP contribution in [0.15, 0.2) is 24.3 Å². The number of carbonyl (C=O) groups excluding carboxylic acids is 1. The third-order valence-corrected chi connectivity index (χ3v) is 6.37. The number of nitrogens with zero attached hydrogens (tertiary/aromatic N) is 2. The van der Waals surface area contributed by atoms with Gasteiger partial charge in [-0.2, -0.15) is 0 Å². The van der Waals surface area contributed by atoms with Crippen LogP contribution in [0.3, 0.4) is 0 Å². The Morgan fingerprint density at radius 3 is 3.00 bits per heavy atom. The number of hydrogen-bond donors (Lipinski definition) is 0. The Bertz CT molecular complexity index is 681. The second kappa shape index (κ2) is 6.21. The van der Waals surface area contributed by atoms with Crippen LogP contribution in [-0.4, -0.2) is 35.0 Å². The normalized spacial score (nSPS) is 28.0. The zero-order valence-electron chi connectivity index (χ0n) is 13.4. The van der Waals surface area contributed by atoms with Gasteiger partial charge in [-0.1, -0.05) is 25.0 Å². The summed E-state index contributed by atoms with van der Waals surface area (Å²) in [6, 6.07) is 8.66. The molecule has 23 heavy (non-hydrogen) atoms. The predicted molar refractivity (Wildman–Crippen MR) is 91.3 cm³/mol. The van der Waals surface area contributed by atoms with E-state index in [1.165, 1.54) is 37.5 Å². The Morgan fingerprint density at radius 2 is 2.17 bits per heavy atom. The number of carbonyl (C=O) groups is 1. The first kappa shape index (κ1) is 15.1. The molecule has 0 unspecified atom stereocenters. The van der Waals surface area contributed by atoms with Crippen LogP contribution in [0.1, 0.15) is 37.1 Å². The highest BCUT2D eigenvalue weighted by molar-refractivity contribution is 7.18. The van der Waals surface area contributed by atoms with Gasteiger partial charge in [0.1, 0.15) is 11.0 Å². The number of esters is 1. The highest BCUT2D eigenvalue weighted by Crippen LogP contribution is 2.41. The second-order valence-corrected chi connectivity index (χ2v) is 7.75. The van der Waals surface area contributed by atoms with E-state index in [0.717, 1.165) is 23.5 Å². The van der Waals surface area contributed by atoms with Gasteiger partial charge in [0.05, 0.1) is 23.9 Å². The summed E-state index contributed by atoms with van der Waals surface area (Å²) >= 11 is 1.74. The maximum Gasteiger partial charge on any atom is 0.323 e. The molecule has 0 radical (unpaired) electrons. The van der Waals surface area contributed by atoms with Crippen LogP contribution in [0.25, 0.3) is 10.2 Å². The third-order valence-electron chi connectivity index (χ3n) is 5.35. The first-order valence-electron chi connectivity index (χ1n) is 8.44. The fourth-order valence-corrected chi connectivity index (χ4v) is 5.27. The largest absolute Gasteiger partial charge is 0.468 e. The number of likely N-dealkylation sites (tertiary alicyclic amines) is 1. The van der Waals surface area contributed by atoms with Gasteiger partial charge in [-0.05, 0) is 37.3 Å². The van der Waals surface area contributed by atoms with E-state index < -0.39 is 0 Å². The molecular weight excluding hydrogens is 308 g/mol. The van der Waals surface area contributed by atoms with E-state index in [4.69, 9.17) is 9.72 Å². The minimum Gasteiger partial charge on any atom is -0.468 e. The van der Waals surface area contributed by atoms with Crippen LogP contribution < -0.4 is 0 Å². The van der Waals surface area contributed by atoms with Crippen molar-refractivity contribution < 1.29 is 9.53 Å². The first-order valence-corrected chi connectivity index (χ1v) is 9.26. The minimum atomic E-state index is -0.0971. The van der Waals surface area contributed by atoms with Gasteiger partial charge in [0.25, 0.3) is 0 Å². The molecule has 1 aliphatic heterocycles. The van der Waals surface area contributed by atoms with Crippen LogP contribution >= 0.6 is 11.3 Å². The van der Waals surface area contributed by atoms with Crippen LogP contribution in [0.2, 0.25) is 0 Å². The number of hydrogen-bond acceptors (Lipinski definition) is 5. The summed E-state index contributed by atoms with van der Waals surface area (Å²) in [5, 5.41) is 1.10. The van der Waals surface area contributed by atoms with Crippen molar-refractivity contribution in [2.45, 2.75) is 50.7 Å². The molecule has 5 heteroatoms. The summed E-state index contributed by atoms with van der Waals surface area (Å²) in [5.74, 6) is 0.558. The van der Waals surface area contributed by atoms with E-state index in [1.54, 1.807) is 11.3 Å². The van der Waals surface area contributed by atoms with E-state index in [1.807, 2.05) is 6.07 Å². The summed E-state index contributed by atoms with van der Waals surface area (Å²) in [6.45, 7) is 0.764. The Kier molecular flexibility index (Phi) is 4.07. The van der Waals surface area contributed by atoms with Crippen molar-refractivity contribution >= 4 is 27.5 Å². The monoisotopic (exact) mass is 330 g/mol. The Morgan fingerprint density at radius 1 is 1.35 bits per heavy atom. The Balaban J connectivity index is 1.61. The molecule has 1 saturated carbocycles. The molecule has 1 saturated heterocycles. The summed E-state index contributed by atoms with van der Waals surface area (Å²) in [6.07, 6.45) is 5.95. The van der Waals surface area contributed by atoms with Gasteiger partial charge < -0.3 is 4.74 Å². The van der Waals surface area contributed by atoms with E-state index >= 15 is 0 Å².